The number of hydrogen-bond donors (Lipinski definition) is 2. The van der Waals surface area contributed by atoms with Gasteiger partial charge in [0.1, 0.15) is 0 Å². The lowest BCUT2D eigenvalue weighted by Gasteiger charge is -2.17. The molecule has 2 N–H and O–H groups in total. The van der Waals surface area contributed by atoms with Gasteiger partial charge >= 0.3 is 0 Å². The number of rotatable bonds is 9. The Bertz CT molecular complexity index is 1800. The van der Waals surface area contributed by atoms with Crippen LogP contribution in [0.1, 0.15) is 71.4 Å². The highest BCUT2D eigenvalue weighted by atomic mass is 35.5. The molecule has 0 spiro atoms. The third kappa shape index (κ3) is 5.37. The van der Waals surface area contributed by atoms with Crippen molar-refractivity contribution in [3.8, 4) is 0 Å². The number of benzene rings is 3. The van der Waals surface area contributed by atoms with Gasteiger partial charge in [0, 0.05) is 46.5 Å². The van der Waals surface area contributed by atoms with Crippen molar-refractivity contribution in [1.82, 2.24) is 9.88 Å². The summed E-state index contributed by atoms with van der Waals surface area (Å²) in [7, 11) is -4.85. The fourth-order valence-corrected chi connectivity index (χ4v) is 5.64. The first-order valence-electron chi connectivity index (χ1n) is 14.8. The van der Waals surface area contributed by atoms with Crippen LogP contribution in [-0.2, 0) is 16.3 Å². The fraction of sp³-hybridized carbons (Fsp3) is 0.300. The number of carbonyl (C=O) groups is 1. The number of carbonyl (C=O) groups excluding carboxylic acids is 1. The van der Waals surface area contributed by atoms with Crippen molar-refractivity contribution in [2.24, 2.45) is 0 Å². The molecule has 1 saturated carbocycles. The predicted octanol–water partition coefficient (Wildman–Crippen LogP) is 5.79. The van der Waals surface area contributed by atoms with Crippen molar-refractivity contribution in [2.45, 2.75) is 50.0 Å². The molecule has 8 heteroatoms. The van der Waals surface area contributed by atoms with Gasteiger partial charge in [0.25, 0.3) is 5.91 Å². The highest BCUT2D eigenvalue weighted by Gasteiger charge is 2.28. The molecular formula is C30H31ClN2O4S. The van der Waals surface area contributed by atoms with E-state index in [-0.39, 0.29) is 0 Å². The van der Waals surface area contributed by atoms with Gasteiger partial charge in [-0.05, 0) is 85.0 Å². The first kappa shape index (κ1) is 20.8. The second-order valence-electron chi connectivity index (χ2n) is 9.64. The van der Waals surface area contributed by atoms with E-state index in [0.29, 0.717) is 22.2 Å². The van der Waals surface area contributed by atoms with Gasteiger partial charge in [-0.15, -0.1) is 0 Å². The standard InChI is InChI=1S/C30H31ClN2O4S/c1-3-38(36,37)27-11-5-20(6-12-27)28(18-34)32-30(35)22-7-13-29-23(15-22)17-26(33(29)25-9-10-25)16-21-4-8-24(31)14-19(21)2/h4-8,11-15,17,25,28,34H,3,9-10,16,18H2,1-2H3,(H,32,35)/t28-/m0/s1/i1D3,3D2. The molecule has 0 aliphatic heterocycles. The zero-order chi connectivity index (χ0) is 31.3. The van der Waals surface area contributed by atoms with E-state index in [1.165, 1.54) is 17.7 Å². The van der Waals surface area contributed by atoms with Crippen molar-refractivity contribution in [3.63, 3.8) is 0 Å². The highest BCUT2D eigenvalue weighted by molar-refractivity contribution is 7.91. The number of nitrogens with one attached hydrogen (secondary N) is 1. The maximum absolute atomic E-state index is 13.3. The van der Waals surface area contributed by atoms with Crippen LogP contribution in [0.25, 0.3) is 10.9 Å². The second kappa shape index (κ2) is 10.6. The maximum atomic E-state index is 13.3. The van der Waals surface area contributed by atoms with Gasteiger partial charge < -0.3 is 15.0 Å². The molecule has 6 nitrogen and oxygen atoms in total. The van der Waals surface area contributed by atoms with E-state index in [9.17, 15) is 18.3 Å². The predicted molar refractivity (Wildman–Crippen MR) is 151 cm³/mol. The zero-order valence-corrected chi connectivity index (χ0v) is 22.3. The molecule has 1 heterocycles. The van der Waals surface area contributed by atoms with Gasteiger partial charge in [0.15, 0.2) is 9.84 Å². The number of hydrogen-bond acceptors (Lipinski definition) is 4. The van der Waals surface area contributed by atoms with Crippen LogP contribution in [0.2, 0.25) is 5.02 Å². The second-order valence-corrected chi connectivity index (χ2v) is 11.8. The molecule has 0 saturated heterocycles. The molecule has 4 aromatic rings. The van der Waals surface area contributed by atoms with Crippen LogP contribution in [0.3, 0.4) is 0 Å². The van der Waals surface area contributed by atoms with Crippen LogP contribution in [0, 0.1) is 6.92 Å². The molecule has 3 aromatic carbocycles. The van der Waals surface area contributed by atoms with Crippen LogP contribution in [-0.4, -0.2) is 36.3 Å². The average Bonchev–Trinajstić information content (AvgIpc) is 3.72. The third-order valence-corrected chi connectivity index (χ3v) is 8.38. The van der Waals surface area contributed by atoms with Crippen LogP contribution >= 0.6 is 11.6 Å². The Labute approximate surface area is 235 Å². The van der Waals surface area contributed by atoms with Gasteiger partial charge in [-0.25, -0.2) is 8.42 Å². The number of aryl methyl sites for hydroxylation is 1. The Kier molecular flexibility index (Phi) is 5.78. The van der Waals surface area contributed by atoms with E-state index in [4.69, 9.17) is 18.5 Å². The summed E-state index contributed by atoms with van der Waals surface area (Å²) in [4.78, 5) is 12.7. The SMILES string of the molecule is [2H]C([2H])([2H])C([2H])([2H])S(=O)(=O)c1ccc([C@H](CO)NC(=O)c2ccc3c(c2)cc(Cc2ccc(Cl)cc2C)n3C2CC2)cc1. The molecular weight excluding hydrogens is 520 g/mol. The minimum Gasteiger partial charge on any atom is -0.394 e. The van der Waals surface area contributed by atoms with Crippen molar-refractivity contribution in [3.05, 3.63) is 99.7 Å². The van der Waals surface area contributed by atoms with E-state index in [0.717, 1.165) is 53.6 Å². The number of sulfone groups is 1. The summed E-state index contributed by atoms with van der Waals surface area (Å²) < 4.78 is 64.9. The van der Waals surface area contributed by atoms with E-state index < -0.39 is 45.8 Å². The summed E-state index contributed by atoms with van der Waals surface area (Å²) in [5.74, 6) is -0.439. The topological polar surface area (TPSA) is 88.4 Å². The summed E-state index contributed by atoms with van der Waals surface area (Å²) in [6, 6.07) is 17.7. The number of aromatic nitrogens is 1. The zero-order valence-electron chi connectivity index (χ0n) is 25.7. The number of aliphatic hydroxyl groups is 1. The van der Waals surface area contributed by atoms with Crippen molar-refractivity contribution >= 4 is 38.2 Å². The monoisotopic (exact) mass is 555 g/mol. The Morgan fingerprint density at radius 2 is 1.92 bits per heavy atom. The molecule has 1 aliphatic rings. The molecule has 38 heavy (non-hydrogen) atoms. The van der Waals surface area contributed by atoms with Crippen molar-refractivity contribution in [2.75, 3.05) is 12.3 Å². The molecule has 1 atom stereocenters. The molecule has 0 radical (unpaired) electrons. The molecule has 0 unspecified atom stereocenters. The molecule has 0 bridgehead atoms. The Morgan fingerprint density at radius 3 is 2.58 bits per heavy atom. The smallest absolute Gasteiger partial charge is 0.251 e. The Hall–Kier alpha value is -3.13. The lowest BCUT2D eigenvalue weighted by atomic mass is 10.0. The molecule has 1 amide bonds. The Morgan fingerprint density at radius 1 is 1.16 bits per heavy atom. The normalized spacial score (nSPS) is 17.2. The highest BCUT2D eigenvalue weighted by Crippen LogP contribution is 2.40. The van der Waals surface area contributed by atoms with Crippen LogP contribution in [0.15, 0.2) is 71.6 Å². The molecule has 1 aromatic heterocycles. The fourth-order valence-electron chi connectivity index (χ4n) is 4.80. The Balaban J connectivity index is 1.37. The minimum absolute atomic E-state index is 0.367. The largest absolute Gasteiger partial charge is 0.394 e. The van der Waals surface area contributed by atoms with Crippen LogP contribution < -0.4 is 5.32 Å². The van der Waals surface area contributed by atoms with Crippen molar-refractivity contribution < 1.29 is 25.2 Å². The van der Waals surface area contributed by atoms with E-state index in [1.807, 2.05) is 37.3 Å². The van der Waals surface area contributed by atoms with Crippen LogP contribution in [0.5, 0.6) is 0 Å². The van der Waals surface area contributed by atoms with E-state index in [1.54, 1.807) is 6.07 Å². The average molecular weight is 556 g/mol. The first-order chi connectivity index (χ1) is 20.1. The summed E-state index contributed by atoms with van der Waals surface area (Å²) >= 11 is 6.15. The minimum atomic E-state index is -4.85. The van der Waals surface area contributed by atoms with Gasteiger partial charge in [-0.3, -0.25) is 4.79 Å². The summed E-state index contributed by atoms with van der Waals surface area (Å²) in [5.41, 5.74) is 1.73. The molecule has 1 fully saturated rings. The first-order valence-corrected chi connectivity index (χ1v) is 14.2. The number of amides is 1. The molecule has 198 valence electrons. The number of aliphatic hydroxyl groups excluding tert-OH is 1. The van der Waals surface area contributed by atoms with Gasteiger partial charge in [-0.1, -0.05) is 36.7 Å². The lowest BCUT2D eigenvalue weighted by molar-refractivity contribution is 0.0916. The third-order valence-electron chi connectivity index (χ3n) is 6.98. The van der Waals surface area contributed by atoms with Gasteiger partial charge in [0.2, 0.25) is 0 Å². The van der Waals surface area contributed by atoms with Crippen molar-refractivity contribution in [1.29, 1.82) is 0 Å². The quantitative estimate of drug-likeness (QED) is 0.274. The maximum Gasteiger partial charge on any atom is 0.251 e. The number of fused-ring (bicyclic) bond motifs is 1. The number of halogens is 1. The summed E-state index contributed by atoms with van der Waals surface area (Å²) in [5, 5.41) is 14.4. The van der Waals surface area contributed by atoms with Gasteiger partial charge in [-0.2, -0.15) is 0 Å². The summed E-state index contributed by atoms with van der Waals surface area (Å²) in [6.07, 6.45) is 2.91. The number of nitrogens with zero attached hydrogens (tertiary/aromatic N) is 1. The van der Waals surface area contributed by atoms with E-state index in [2.05, 4.69) is 16.0 Å². The van der Waals surface area contributed by atoms with Gasteiger partial charge in [0.05, 0.1) is 23.2 Å². The summed E-state index contributed by atoms with van der Waals surface area (Å²) in [6.45, 7) is -1.84. The lowest BCUT2D eigenvalue weighted by Crippen LogP contribution is -2.30. The van der Waals surface area contributed by atoms with E-state index >= 15 is 0 Å². The van der Waals surface area contributed by atoms with Crippen LogP contribution in [0.4, 0.5) is 0 Å². The molecule has 1 aliphatic carbocycles. The molecule has 5 rings (SSSR count).